The molecule has 21 heavy (non-hydrogen) atoms. The van der Waals surface area contributed by atoms with E-state index >= 15 is 0 Å². The second kappa shape index (κ2) is 5.65. The van der Waals surface area contributed by atoms with Crippen LogP contribution in [0.5, 0.6) is 0 Å². The van der Waals surface area contributed by atoms with E-state index in [0.29, 0.717) is 18.0 Å². The maximum absolute atomic E-state index is 11.7. The highest BCUT2D eigenvalue weighted by Gasteiger charge is 2.12. The van der Waals surface area contributed by atoms with E-state index in [-0.39, 0.29) is 5.97 Å². The van der Waals surface area contributed by atoms with Crippen molar-refractivity contribution >= 4 is 32.7 Å². The molecule has 0 aliphatic heterocycles. The maximum atomic E-state index is 11.7. The van der Waals surface area contributed by atoms with Crippen molar-refractivity contribution in [3.63, 3.8) is 0 Å². The fourth-order valence-corrected chi connectivity index (χ4v) is 2.59. The number of nitrogens with zero attached hydrogens (tertiary/aromatic N) is 3. The summed E-state index contributed by atoms with van der Waals surface area (Å²) in [5.74, 6) is 0.287. The third-order valence-electron chi connectivity index (χ3n) is 3.04. The molecule has 2 heterocycles. The molecule has 0 N–H and O–H groups in total. The fourth-order valence-electron chi connectivity index (χ4n) is 2.09. The van der Waals surface area contributed by atoms with Crippen LogP contribution in [0.2, 0.25) is 0 Å². The molecular weight excluding hydrogens is 334 g/mol. The third-order valence-corrected chi connectivity index (χ3v) is 3.73. The van der Waals surface area contributed by atoms with E-state index in [2.05, 4.69) is 26.0 Å². The molecule has 5 nitrogen and oxygen atoms in total. The van der Waals surface area contributed by atoms with Gasteiger partial charge >= 0.3 is 5.97 Å². The monoisotopic (exact) mass is 345 g/mol. The van der Waals surface area contributed by atoms with Gasteiger partial charge in [-0.2, -0.15) is 5.10 Å². The molecule has 0 unspecified atom stereocenters. The molecule has 2 aromatic heterocycles. The van der Waals surface area contributed by atoms with E-state index in [9.17, 15) is 4.79 Å². The van der Waals surface area contributed by atoms with Crippen molar-refractivity contribution in [2.45, 2.75) is 6.92 Å². The Kier molecular flexibility index (Phi) is 3.70. The number of hydrogen-bond acceptors (Lipinski definition) is 4. The van der Waals surface area contributed by atoms with Crippen LogP contribution in [0.15, 0.2) is 47.3 Å². The highest BCUT2D eigenvalue weighted by molar-refractivity contribution is 9.10. The normalized spacial score (nSPS) is 10.8. The summed E-state index contributed by atoms with van der Waals surface area (Å²) in [4.78, 5) is 16.1. The average molecular weight is 346 g/mol. The number of carbonyl (C=O) groups excluding carboxylic acids is 1. The summed E-state index contributed by atoms with van der Waals surface area (Å²) < 4.78 is 7.54. The maximum Gasteiger partial charge on any atom is 0.341 e. The van der Waals surface area contributed by atoms with Gasteiger partial charge in [0.1, 0.15) is 0 Å². The topological polar surface area (TPSA) is 57.0 Å². The summed E-state index contributed by atoms with van der Waals surface area (Å²) in [6.07, 6.45) is 4.82. The number of pyridine rings is 1. The lowest BCUT2D eigenvalue weighted by molar-refractivity contribution is 0.0526. The molecule has 0 amide bonds. The SMILES string of the molecule is CCOC(=O)c1cnn(-c2nccc3c(Br)cccc23)c1. The van der Waals surface area contributed by atoms with Gasteiger partial charge in [0.2, 0.25) is 0 Å². The van der Waals surface area contributed by atoms with Crippen LogP contribution >= 0.6 is 15.9 Å². The third kappa shape index (κ3) is 2.54. The van der Waals surface area contributed by atoms with E-state index in [1.165, 1.54) is 6.20 Å². The van der Waals surface area contributed by atoms with Crippen molar-refractivity contribution in [3.05, 3.63) is 52.9 Å². The second-order valence-electron chi connectivity index (χ2n) is 4.36. The molecule has 0 aliphatic carbocycles. The van der Waals surface area contributed by atoms with Gasteiger partial charge in [0, 0.05) is 27.6 Å². The molecule has 0 bridgehead atoms. The number of halogens is 1. The van der Waals surface area contributed by atoms with Crippen LogP contribution in [0.1, 0.15) is 17.3 Å². The molecule has 0 saturated heterocycles. The van der Waals surface area contributed by atoms with E-state index < -0.39 is 0 Å². The molecule has 0 fully saturated rings. The number of fused-ring (bicyclic) bond motifs is 1. The molecular formula is C15H12BrN3O2. The van der Waals surface area contributed by atoms with Crippen LogP contribution < -0.4 is 0 Å². The van der Waals surface area contributed by atoms with Gasteiger partial charge in [0.25, 0.3) is 0 Å². The molecule has 6 heteroatoms. The first-order valence-electron chi connectivity index (χ1n) is 6.46. The minimum absolute atomic E-state index is 0.337. The van der Waals surface area contributed by atoms with Gasteiger partial charge in [-0.3, -0.25) is 0 Å². The van der Waals surface area contributed by atoms with Gasteiger partial charge in [-0.1, -0.05) is 28.1 Å². The first kappa shape index (κ1) is 13.8. The molecule has 1 aromatic carbocycles. The van der Waals surface area contributed by atoms with Crippen molar-refractivity contribution in [3.8, 4) is 5.82 Å². The standard InChI is InChI=1S/C15H12BrN3O2/c1-2-21-15(20)10-8-18-19(9-10)14-12-4-3-5-13(16)11(12)6-7-17-14/h3-9H,2H2,1H3. The summed E-state index contributed by atoms with van der Waals surface area (Å²) >= 11 is 3.52. The number of hydrogen-bond donors (Lipinski definition) is 0. The van der Waals surface area contributed by atoms with Crippen molar-refractivity contribution in [2.75, 3.05) is 6.61 Å². The van der Waals surface area contributed by atoms with Gasteiger partial charge in [0.15, 0.2) is 5.82 Å². The average Bonchev–Trinajstić information content (AvgIpc) is 2.97. The van der Waals surface area contributed by atoms with Crippen molar-refractivity contribution in [1.29, 1.82) is 0 Å². The van der Waals surface area contributed by atoms with Crippen LogP contribution in [-0.4, -0.2) is 27.3 Å². The minimum atomic E-state index is -0.384. The number of aromatic nitrogens is 3. The fraction of sp³-hybridized carbons (Fsp3) is 0.133. The Balaban J connectivity index is 2.09. The van der Waals surface area contributed by atoms with Crippen LogP contribution in [0, 0.1) is 0 Å². The predicted molar refractivity (Wildman–Crippen MR) is 82.5 cm³/mol. The van der Waals surface area contributed by atoms with Crippen molar-refractivity contribution in [1.82, 2.24) is 14.8 Å². The molecule has 0 saturated carbocycles. The molecule has 0 radical (unpaired) electrons. The number of carbonyl (C=O) groups is 1. The van der Waals surface area contributed by atoms with Crippen LogP contribution in [-0.2, 0) is 4.74 Å². The van der Waals surface area contributed by atoms with E-state index in [4.69, 9.17) is 4.74 Å². The number of ether oxygens (including phenoxy) is 1. The summed E-state index contributed by atoms with van der Waals surface area (Å²) in [5.41, 5.74) is 0.408. The zero-order chi connectivity index (χ0) is 14.8. The minimum Gasteiger partial charge on any atom is -0.462 e. The highest BCUT2D eigenvalue weighted by atomic mass is 79.9. The Bertz CT molecular complexity index is 814. The Morgan fingerprint density at radius 1 is 1.33 bits per heavy atom. The lowest BCUT2D eigenvalue weighted by Gasteiger charge is -2.06. The van der Waals surface area contributed by atoms with Gasteiger partial charge in [0.05, 0.1) is 18.4 Å². The van der Waals surface area contributed by atoms with Gasteiger partial charge in [-0.25, -0.2) is 14.5 Å². The van der Waals surface area contributed by atoms with Gasteiger partial charge < -0.3 is 4.74 Å². The van der Waals surface area contributed by atoms with Crippen molar-refractivity contribution < 1.29 is 9.53 Å². The van der Waals surface area contributed by atoms with Gasteiger partial charge in [-0.05, 0) is 19.1 Å². The number of esters is 1. The van der Waals surface area contributed by atoms with E-state index in [1.54, 1.807) is 24.0 Å². The Morgan fingerprint density at radius 3 is 3.00 bits per heavy atom. The largest absolute Gasteiger partial charge is 0.462 e. The summed E-state index contributed by atoms with van der Waals surface area (Å²) in [5, 5.41) is 6.19. The smallest absolute Gasteiger partial charge is 0.341 e. The summed E-state index contributed by atoms with van der Waals surface area (Å²) in [6, 6.07) is 7.80. The number of rotatable bonds is 3. The Labute approximate surface area is 129 Å². The van der Waals surface area contributed by atoms with Crippen LogP contribution in [0.25, 0.3) is 16.6 Å². The first-order chi connectivity index (χ1) is 10.2. The second-order valence-corrected chi connectivity index (χ2v) is 5.22. The Hall–Kier alpha value is -2.21. The lowest BCUT2D eigenvalue weighted by Crippen LogP contribution is -2.03. The summed E-state index contributed by atoms with van der Waals surface area (Å²) in [7, 11) is 0. The molecule has 0 aliphatic rings. The van der Waals surface area contributed by atoms with Crippen LogP contribution in [0.3, 0.4) is 0 Å². The van der Waals surface area contributed by atoms with E-state index in [0.717, 1.165) is 15.2 Å². The lowest BCUT2D eigenvalue weighted by atomic mass is 10.1. The molecule has 0 spiro atoms. The molecule has 3 aromatic rings. The highest BCUT2D eigenvalue weighted by Crippen LogP contribution is 2.26. The molecule has 3 rings (SSSR count). The zero-order valence-electron chi connectivity index (χ0n) is 11.3. The first-order valence-corrected chi connectivity index (χ1v) is 7.25. The van der Waals surface area contributed by atoms with Crippen LogP contribution in [0.4, 0.5) is 0 Å². The number of benzene rings is 1. The molecule has 106 valence electrons. The van der Waals surface area contributed by atoms with E-state index in [1.807, 2.05) is 24.3 Å². The summed E-state index contributed by atoms with van der Waals surface area (Å²) in [6.45, 7) is 2.11. The van der Waals surface area contributed by atoms with Crippen molar-refractivity contribution in [2.24, 2.45) is 0 Å². The van der Waals surface area contributed by atoms with Gasteiger partial charge in [-0.15, -0.1) is 0 Å². The quantitative estimate of drug-likeness (QED) is 0.683. The zero-order valence-corrected chi connectivity index (χ0v) is 12.9. The predicted octanol–water partition coefficient (Wildman–Crippen LogP) is 3.36. The molecule has 0 atom stereocenters. The Morgan fingerprint density at radius 2 is 2.19 bits per heavy atom.